The maximum atomic E-state index is 13.1. The minimum atomic E-state index is -0.879. The van der Waals surface area contributed by atoms with E-state index in [9.17, 15) is 14.4 Å². The summed E-state index contributed by atoms with van der Waals surface area (Å²) >= 11 is 0. The average Bonchev–Trinajstić information content (AvgIpc) is 2.83. The van der Waals surface area contributed by atoms with Crippen molar-refractivity contribution in [3.63, 3.8) is 0 Å². The Morgan fingerprint density at radius 1 is 1.28 bits per heavy atom. The number of carbonyl (C=O) groups is 3. The molecule has 1 heterocycles. The van der Waals surface area contributed by atoms with Gasteiger partial charge in [0.15, 0.2) is 0 Å². The fourth-order valence-electron chi connectivity index (χ4n) is 5.10. The van der Waals surface area contributed by atoms with E-state index in [0.717, 1.165) is 22.6 Å². The van der Waals surface area contributed by atoms with Crippen LogP contribution in [-0.2, 0) is 16.0 Å². The number of nitrogens with zero attached hydrogens (tertiary/aromatic N) is 1. The standard InChI is InChI=1S/C22H31N3O4/c1-15-11-21(2,3)14-22(12-15)19(27)25(20(28)24-22)13-18(26)23-10-9-16-7-5-6-8-17(16)29-4/h5-8,15H,9-14H2,1-4H3,(H,23,26)(H,24,28)/t15-,22-/m0/s1. The molecule has 0 unspecified atom stereocenters. The molecule has 2 atom stereocenters. The third-order valence-corrected chi connectivity index (χ3v) is 5.83. The van der Waals surface area contributed by atoms with E-state index in [4.69, 9.17) is 4.74 Å². The molecule has 1 saturated carbocycles. The number of ether oxygens (including phenoxy) is 1. The maximum Gasteiger partial charge on any atom is 0.325 e. The summed E-state index contributed by atoms with van der Waals surface area (Å²) < 4.78 is 5.31. The van der Waals surface area contributed by atoms with Crippen molar-refractivity contribution in [1.29, 1.82) is 0 Å². The van der Waals surface area contributed by atoms with Crippen LogP contribution in [0.3, 0.4) is 0 Å². The lowest BCUT2D eigenvalue weighted by atomic mass is 9.64. The highest BCUT2D eigenvalue weighted by molar-refractivity contribution is 6.09. The second-order valence-electron chi connectivity index (χ2n) is 9.17. The highest BCUT2D eigenvalue weighted by atomic mass is 16.5. The van der Waals surface area contributed by atoms with E-state index in [1.807, 2.05) is 24.3 Å². The topological polar surface area (TPSA) is 87.7 Å². The summed E-state index contributed by atoms with van der Waals surface area (Å²) in [5, 5.41) is 5.70. The van der Waals surface area contributed by atoms with Crippen molar-refractivity contribution in [3.8, 4) is 5.75 Å². The van der Waals surface area contributed by atoms with Crippen molar-refractivity contribution >= 4 is 17.8 Å². The van der Waals surface area contributed by atoms with Crippen LogP contribution in [0.1, 0.15) is 45.6 Å². The molecule has 1 aromatic rings. The Morgan fingerprint density at radius 2 is 2.00 bits per heavy atom. The van der Waals surface area contributed by atoms with E-state index >= 15 is 0 Å². The molecule has 2 N–H and O–H groups in total. The average molecular weight is 402 g/mol. The van der Waals surface area contributed by atoms with Gasteiger partial charge in [-0.1, -0.05) is 39.0 Å². The van der Waals surface area contributed by atoms with Crippen LogP contribution < -0.4 is 15.4 Å². The smallest absolute Gasteiger partial charge is 0.325 e. The Kier molecular flexibility index (Phi) is 5.87. The zero-order valence-corrected chi connectivity index (χ0v) is 17.7. The normalized spacial score (nSPS) is 25.8. The highest BCUT2D eigenvalue weighted by Crippen LogP contribution is 2.46. The third-order valence-electron chi connectivity index (χ3n) is 5.83. The number of para-hydroxylation sites is 1. The summed E-state index contributed by atoms with van der Waals surface area (Å²) in [7, 11) is 1.61. The van der Waals surface area contributed by atoms with Crippen LogP contribution in [0.5, 0.6) is 5.75 Å². The molecule has 7 heteroatoms. The van der Waals surface area contributed by atoms with Crippen LogP contribution in [-0.4, -0.2) is 48.5 Å². The molecule has 7 nitrogen and oxygen atoms in total. The SMILES string of the molecule is COc1ccccc1CCNC(=O)CN1C(=O)N[C@]2(C[C@@H](C)CC(C)(C)C2)C1=O. The molecule has 1 spiro atoms. The van der Waals surface area contributed by atoms with Crippen molar-refractivity contribution in [2.75, 3.05) is 20.2 Å². The third kappa shape index (κ3) is 4.54. The Balaban J connectivity index is 1.58. The summed E-state index contributed by atoms with van der Waals surface area (Å²) in [5.74, 6) is 0.482. The van der Waals surface area contributed by atoms with Crippen molar-refractivity contribution in [3.05, 3.63) is 29.8 Å². The molecule has 1 aromatic carbocycles. The molecular formula is C22H31N3O4. The van der Waals surface area contributed by atoms with Gasteiger partial charge in [0.1, 0.15) is 17.8 Å². The fraction of sp³-hybridized carbons (Fsp3) is 0.591. The van der Waals surface area contributed by atoms with E-state index < -0.39 is 11.6 Å². The number of imide groups is 1. The summed E-state index contributed by atoms with van der Waals surface area (Å²) in [6, 6.07) is 7.15. The lowest BCUT2D eigenvalue weighted by Crippen LogP contribution is -2.54. The fourth-order valence-corrected chi connectivity index (χ4v) is 5.10. The second-order valence-corrected chi connectivity index (χ2v) is 9.17. The van der Waals surface area contributed by atoms with Crippen molar-refractivity contribution in [2.45, 2.75) is 52.0 Å². The Morgan fingerprint density at radius 3 is 2.69 bits per heavy atom. The van der Waals surface area contributed by atoms with E-state index in [-0.39, 0.29) is 23.8 Å². The van der Waals surface area contributed by atoms with Gasteiger partial charge in [-0.05, 0) is 48.6 Å². The first-order chi connectivity index (χ1) is 13.7. The molecule has 158 valence electrons. The Labute approximate surface area is 172 Å². The van der Waals surface area contributed by atoms with Crippen LogP contribution in [0.2, 0.25) is 0 Å². The molecule has 1 aliphatic carbocycles. The van der Waals surface area contributed by atoms with Crippen LogP contribution in [0, 0.1) is 11.3 Å². The monoisotopic (exact) mass is 401 g/mol. The van der Waals surface area contributed by atoms with Gasteiger partial charge in [-0.3, -0.25) is 14.5 Å². The molecule has 29 heavy (non-hydrogen) atoms. The minimum absolute atomic E-state index is 0.0341. The number of benzene rings is 1. The first-order valence-electron chi connectivity index (χ1n) is 10.2. The summed E-state index contributed by atoms with van der Waals surface area (Å²) in [5.41, 5.74) is 0.0754. The highest BCUT2D eigenvalue weighted by Gasteiger charge is 2.56. The van der Waals surface area contributed by atoms with E-state index in [0.29, 0.717) is 31.7 Å². The molecule has 2 fully saturated rings. The number of rotatable bonds is 6. The van der Waals surface area contributed by atoms with Crippen LogP contribution in [0.25, 0.3) is 0 Å². The molecule has 3 rings (SSSR count). The van der Waals surface area contributed by atoms with E-state index in [1.54, 1.807) is 7.11 Å². The van der Waals surface area contributed by atoms with Crippen LogP contribution >= 0.6 is 0 Å². The molecular weight excluding hydrogens is 370 g/mol. The molecule has 2 aliphatic rings. The van der Waals surface area contributed by atoms with E-state index in [1.165, 1.54) is 0 Å². The second kappa shape index (κ2) is 8.05. The van der Waals surface area contributed by atoms with Crippen LogP contribution in [0.4, 0.5) is 4.79 Å². The van der Waals surface area contributed by atoms with Gasteiger partial charge in [0.2, 0.25) is 5.91 Å². The van der Waals surface area contributed by atoms with Gasteiger partial charge in [0.25, 0.3) is 5.91 Å². The van der Waals surface area contributed by atoms with Gasteiger partial charge in [-0.15, -0.1) is 0 Å². The predicted octanol–water partition coefficient (Wildman–Crippen LogP) is 2.49. The number of hydrogen-bond donors (Lipinski definition) is 2. The summed E-state index contributed by atoms with van der Waals surface area (Å²) in [6.45, 7) is 6.49. The van der Waals surface area contributed by atoms with Crippen LogP contribution in [0.15, 0.2) is 24.3 Å². The van der Waals surface area contributed by atoms with Gasteiger partial charge < -0.3 is 15.4 Å². The van der Waals surface area contributed by atoms with Gasteiger partial charge in [0, 0.05) is 6.54 Å². The molecule has 0 aromatic heterocycles. The Hall–Kier alpha value is -2.57. The largest absolute Gasteiger partial charge is 0.496 e. The van der Waals surface area contributed by atoms with Crippen molar-refractivity contribution in [1.82, 2.24) is 15.5 Å². The molecule has 1 saturated heterocycles. The first kappa shape index (κ1) is 21.1. The van der Waals surface area contributed by atoms with Gasteiger partial charge in [0.05, 0.1) is 7.11 Å². The quantitative estimate of drug-likeness (QED) is 0.717. The van der Waals surface area contributed by atoms with E-state index in [2.05, 4.69) is 31.4 Å². The lowest BCUT2D eigenvalue weighted by Gasteiger charge is -2.43. The first-order valence-corrected chi connectivity index (χ1v) is 10.2. The zero-order valence-electron chi connectivity index (χ0n) is 17.7. The lowest BCUT2D eigenvalue weighted by molar-refractivity contribution is -0.137. The van der Waals surface area contributed by atoms with Gasteiger partial charge in [-0.2, -0.15) is 0 Å². The number of nitrogens with one attached hydrogen (secondary N) is 2. The number of amides is 4. The van der Waals surface area contributed by atoms with Gasteiger partial charge >= 0.3 is 6.03 Å². The predicted molar refractivity (Wildman–Crippen MR) is 109 cm³/mol. The van der Waals surface area contributed by atoms with Gasteiger partial charge in [-0.25, -0.2) is 4.79 Å². The molecule has 0 radical (unpaired) electrons. The molecule has 1 aliphatic heterocycles. The van der Waals surface area contributed by atoms with Crippen molar-refractivity contribution < 1.29 is 19.1 Å². The number of hydrogen-bond acceptors (Lipinski definition) is 4. The van der Waals surface area contributed by atoms with Crippen molar-refractivity contribution in [2.24, 2.45) is 11.3 Å². The summed E-state index contributed by atoms with van der Waals surface area (Å²) in [4.78, 5) is 39.0. The molecule has 0 bridgehead atoms. The summed E-state index contributed by atoms with van der Waals surface area (Å²) in [6.07, 6.45) is 2.83. The Bertz CT molecular complexity index is 807. The number of urea groups is 1. The maximum absolute atomic E-state index is 13.1. The minimum Gasteiger partial charge on any atom is -0.496 e. The zero-order chi connectivity index (χ0) is 21.2. The number of methoxy groups -OCH3 is 1. The molecule has 4 amide bonds. The number of carbonyl (C=O) groups excluding carboxylic acids is 3.